The van der Waals surface area contributed by atoms with E-state index in [1.807, 2.05) is 0 Å². The van der Waals surface area contributed by atoms with Gasteiger partial charge in [0.1, 0.15) is 16.5 Å². The van der Waals surface area contributed by atoms with Crippen LogP contribution in [0.25, 0.3) is 0 Å². The fourth-order valence-electron chi connectivity index (χ4n) is 3.33. The van der Waals surface area contributed by atoms with Crippen LogP contribution in [0.3, 0.4) is 0 Å². The zero-order valence-electron chi connectivity index (χ0n) is 16.4. The number of halogens is 1. The quantitative estimate of drug-likeness (QED) is 0.743. The van der Waals surface area contributed by atoms with Gasteiger partial charge in [0.25, 0.3) is 0 Å². The van der Waals surface area contributed by atoms with Gasteiger partial charge in [0.15, 0.2) is 0 Å². The number of amides is 1. The third kappa shape index (κ3) is 5.13. The first kappa shape index (κ1) is 21.3. The second kappa shape index (κ2) is 9.37. The van der Waals surface area contributed by atoms with Crippen LogP contribution < -0.4 is 10.1 Å². The first-order chi connectivity index (χ1) is 13.9. The van der Waals surface area contributed by atoms with Crippen LogP contribution in [0.5, 0.6) is 5.75 Å². The topological polar surface area (TPSA) is 75.7 Å². The first-order valence-corrected chi connectivity index (χ1v) is 11.2. The molecule has 6 nitrogen and oxygen atoms in total. The molecule has 0 bridgehead atoms. The van der Waals surface area contributed by atoms with E-state index in [0.717, 1.165) is 19.3 Å². The summed E-state index contributed by atoms with van der Waals surface area (Å²) in [5.41, 5.74) is 0.600. The second-order valence-electron chi connectivity index (χ2n) is 6.88. The number of carbonyl (C=O) groups is 1. The van der Waals surface area contributed by atoms with Crippen molar-refractivity contribution in [3.63, 3.8) is 0 Å². The maximum Gasteiger partial charge on any atom is 0.246 e. The van der Waals surface area contributed by atoms with Gasteiger partial charge < -0.3 is 10.1 Å². The lowest BCUT2D eigenvalue weighted by Gasteiger charge is -2.27. The lowest BCUT2D eigenvalue weighted by atomic mass is 10.1. The van der Waals surface area contributed by atoms with Crippen LogP contribution in [0, 0.1) is 5.82 Å². The van der Waals surface area contributed by atoms with Crippen molar-refractivity contribution in [2.45, 2.75) is 37.5 Å². The van der Waals surface area contributed by atoms with Crippen molar-refractivity contribution >= 4 is 21.6 Å². The molecule has 1 N–H and O–H groups in total. The molecule has 0 radical (unpaired) electrons. The molecule has 0 atom stereocenters. The third-order valence-corrected chi connectivity index (χ3v) is 6.69. The molecule has 0 aromatic heterocycles. The van der Waals surface area contributed by atoms with Gasteiger partial charge in [-0.3, -0.25) is 4.79 Å². The van der Waals surface area contributed by atoms with E-state index in [1.165, 1.54) is 16.4 Å². The van der Waals surface area contributed by atoms with Gasteiger partial charge in [-0.05, 0) is 49.6 Å². The van der Waals surface area contributed by atoms with E-state index in [2.05, 4.69) is 5.32 Å². The van der Waals surface area contributed by atoms with E-state index in [1.54, 1.807) is 37.3 Å². The molecule has 29 heavy (non-hydrogen) atoms. The van der Waals surface area contributed by atoms with Crippen LogP contribution >= 0.6 is 0 Å². The van der Waals surface area contributed by atoms with Gasteiger partial charge in [0.2, 0.25) is 15.9 Å². The molecular weight excluding hydrogens is 395 g/mol. The second-order valence-corrected chi connectivity index (χ2v) is 8.78. The number of sulfonamides is 1. The predicted octanol–water partition coefficient (Wildman–Crippen LogP) is 3.58. The Morgan fingerprint density at radius 3 is 2.55 bits per heavy atom. The Morgan fingerprint density at radius 2 is 1.86 bits per heavy atom. The highest BCUT2D eigenvalue weighted by Gasteiger charge is 2.29. The van der Waals surface area contributed by atoms with Gasteiger partial charge in [0.05, 0.1) is 13.0 Å². The summed E-state index contributed by atoms with van der Waals surface area (Å²) < 4.78 is 47.0. The SMILES string of the molecule is CCOc1ccc(NC(=O)Cc2ccccc2F)cc1S(=O)(=O)N1CCCCC1. The van der Waals surface area contributed by atoms with Gasteiger partial charge in [-0.25, -0.2) is 12.8 Å². The van der Waals surface area contributed by atoms with Gasteiger partial charge >= 0.3 is 0 Å². The summed E-state index contributed by atoms with van der Waals surface area (Å²) in [6.07, 6.45) is 2.51. The van der Waals surface area contributed by atoms with Crippen molar-refractivity contribution in [3.8, 4) is 5.75 Å². The highest BCUT2D eigenvalue weighted by molar-refractivity contribution is 7.89. The van der Waals surface area contributed by atoms with Crippen LogP contribution in [-0.4, -0.2) is 38.3 Å². The fraction of sp³-hybridized carbons (Fsp3) is 0.381. The number of hydrogen-bond acceptors (Lipinski definition) is 4. The standard InChI is InChI=1S/C21H25FN2O4S/c1-2-28-19-11-10-17(23-21(25)14-16-8-4-5-9-18(16)22)15-20(19)29(26,27)24-12-6-3-7-13-24/h4-5,8-11,15H,2-3,6-7,12-14H2,1H3,(H,23,25). The van der Waals surface area contributed by atoms with Crippen LogP contribution in [-0.2, 0) is 21.2 Å². The lowest BCUT2D eigenvalue weighted by molar-refractivity contribution is -0.115. The highest BCUT2D eigenvalue weighted by atomic mass is 32.2. The van der Waals surface area contributed by atoms with Crippen LogP contribution in [0.15, 0.2) is 47.4 Å². The van der Waals surface area contributed by atoms with Gasteiger partial charge in [-0.15, -0.1) is 0 Å². The number of anilines is 1. The number of ether oxygens (including phenoxy) is 1. The average Bonchev–Trinajstić information content (AvgIpc) is 2.71. The molecule has 0 spiro atoms. The maximum atomic E-state index is 13.8. The van der Waals surface area contributed by atoms with E-state index in [4.69, 9.17) is 4.74 Å². The van der Waals surface area contributed by atoms with Crippen molar-refractivity contribution in [2.75, 3.05) is 25.0 Å². The molecule has 0 aliphatic carbocycles. The number of nitrogens with zero attached hydrogens (tertiary/aromatic N) is 1. The summed E-state index contributed by atoms with van der Waals surface area (Å²) in [4.78, 5) is 12.4. The van der Waals surface area contributed by atoms with Gasteiger partial charge in [0, 0.05) is 18.8 Å². The molecule has 0 unspecified atom stereocenters. The average molecular weight is 421 g/mol. The Hall–Kier alpha value is -2.45. The smallest absolute Gasteiger partial charge is 0.246 e. The zero-order chi connectivity index (χ0) is 20.9. The van der Waals surface area contributed by atoms with Crippen molar-refractivity contribution in [2.24, 2.45) is 0 Å². The Balaban J connectivity index is 1.84. The highest BCUT2D eigenvalue weighted by Crippen LogP contribution is 2.31. The predicted molar refractivity (Wildman–Crippen MR) is 109 cm³/mol. The monoisotopic (exact) mass is 420 g/mol. The van der Waals surface area contributed by atoms with Crippen LogP contribution in [0.1, 0.15) is 31.7 Å². The van der Waals surface area contributed by atoms with Crippen molar-refractivity contribution in [1.29, 1.82) is 0 Å². The first-order valence-electron chi connectivity index (χ1n) is 9.72. The van der Waals surface area contributed by atoms with Crippen LogP contribution in [0.2, 0.25) is 0 Å². The van der Waals surface area contributed by atoms with Crippen molar-refractivity contribution in [1.82, 2.24) is 4.31 Å². The summed E-state index contributed by atoms with van der Waals surface area (Å²) in [5.74, 6) is -0.631. The molecular formula is C21H25FN2O4S. The summed E-state index contributed by atoms with van der Waals surface area (Å²) in [5, 5.41) is 2.66. The summed E-state index contributed by atoms with van der Waals surface area (Å²) in [6, 6.07) is 10.6. The molecule has 1 aliphatic heterocycles. The van der Waals surface area contributed by atoms with Gasteiger partial charge in [-0.1, -0.05) is 24.6 Å². The fourth-order valence-corrected chi connectivity index (χ4v) is 5.00. The normalized spacial score (nSPS) is 15.1. The number of rotatable bonds is 7. The minimum atomic E-state index is -3.74. The lowest BCUT2D eigenvalue weighted by Crippen LogP contribution is -2.35. The van der Waals surface area contributed by atoms with E-state index in [-0.39, 0.29) is 22.6 Å². The Morgan fingerprint density at radius 1 is 1.14 bits per heavy atom. The summed E-state index contributed by atoms with van der Waals surface area (Å²) >= 11 is 0. The molecule has 1 heterocycles. The number of nitrogens with one attached hydrogen (secondary N) is 1. The molecule has 8 heteroatoms. The largest absolute Gasteiger partial charge is 0.492 e. The minimum absolute atomic E-state index is 0.0324. The van der Waals surface area contributed by atoms with Gasteiger partial charge in [-0.2, -0.15) is 4.31 Å². The number of hydrogen-bond donors (Lipinski definition) is 1. The molecule has 1 saturated heterocycles. The number of piperidine rings is 1. The Kier molecular flexibility index (Phi) is 6.87. The molecule has 3 rings (SSSR count). The molecule has 1 aliphatic rings. The summed E-state index contributed by atoms with van der Waals surface area (Å²) in [6.45, 7) is 3.04. The van der Waals surface area contributed by atoms with E-state index >= 15 is 0 Å². The molecule has 1 fully saturated rings. The van der Waals surface area contributed by atoms with Crippen LogP contribution in [0.4, 0.5) is 10.1 Å². The van der Waals surface area contributed by atoms with Crippen molar-refractivity contribution < 1.29 is 22.3 Å². The molecule has 0 saturated carbocycles. The summed E-state index contributed by atoms with van der Waals surface area (Å²) in [7, 11) is -3.74. The molecule has 156 valence electrons. The molecule has 2 aromatic rings. The third-order valence-electron chi connectivity index (χ3n) is 4.77. The Bertz CT molecular complexity index is 972. The molecule has 2 aromatic carbocycles. The van der Waals surface area contributed by atoms with E-state index in [9.17, 15) is 17.6 Å². The maximum absolute atomic E-state index is 13.8. The van der Waals surface area contributed by atoms with Crippen molar-refractivity contribution in [3.05, 3.63) is 53.8 Å². The van der Waals surface area contributed by atoms with E-state index in [0.29, 0.717) is 25.4 Å². The zero-order valence-corrected chi connectivity index (χ0v) is 17.2. The Labute approximate surface area is 170 Å². The molecule has 1 amide bonds. The minimum Gasteiger partial charge on any atom is -0.492 e. The van der Waals surface area contributed by atoms with E-state index < -0.39 is 21.7 Å². The number of carbonyl (C=O) groups excluding carboxylic acids is 1. The number of benzene rings is 2.